The summed E-state index contributed by atoms with van der Waals surface area (Å²) in [5.74, 6) is 0. The molecule has 2 heterocycles. The summed E-state index contributed by atoms with van der Waals surface area (Å²) in [5, 5.41) is 1.27. The molecule has 3 aromatic carbocycles. The summed E-state index contributed by atoms with van der Waals surface area (Å²) in [6, 6.07) is 34.3. The molecule has 0 saturated heterocycles. The molecule has 1 aliphatic heterocycles. The minimum absolute atomic E-state index is 0.962. The topological polar surface area (TPSA) is 7.12 Å². The number of aromatic nitrogens is 1. The molecule has 0 unspecified atom stereocenters. The van der Waals surface area contributed by atoms with Crippen molar-refractivity contribution in [1.29, 1.82) is 0 Å². The Balaban J connectivity index is 1.43. The summed E-state index contributed by atoms with van der Waals surface area (Å²) in [7, 11) is 2.13. The van der Waals surface area contributed by atoms with Crippen molar-refractivity contribution >= 4 is 23.5 Å². The van der Waals surface area contributed by atoms with Crippen LogP contribution in [0.15, 0.2) is 131 Å². The quantitative estimate of drug-likeness (QED) is 0.208. The lowest BCUT2D eigenvalue weighted by Gasteiger charge is -2.17. The van der Waals surface area contributed by atoms with Crippen LogP contribution in [0.2, 0.25) is 0 Å². The largest absolute Gasteiger partial charge is 0.335 e. The van der Waals surface area contributed by atoms with Gasteiger partial charge in [-0.2, -0.15) is 4.57 Å². The van der Waals surface area contributed by atoms with E-state index < -0.39 is 0 Å². The van der Waals surface area contributed by atoms with Crippen LogP contribution >= 0.6 is 11.8 Å². The van der Waals surface area contributed by atoms with Crippen LogP contribution < -0.4 is 9.47 Å². The van der Waals surface area contributed by atoms with E-state index in [0.717, 1.165) is 12.2 Å². The SMILES string of the molecule is CCN1\C(=C/C=C/C=C/c2cc(-c3ccccc3)cc(-c3ccccc3)[n+]2C)Sc2ccccc21. The van der Waals surface area contributed by atoms with Crippen molar-refractivity contribution in [3.05, 3.63) is 132 Å². The Bertz CT molecular complexity index is 1400. The predicted molar refractivity (Wildman–Crippen MR) is 150 cm³/mol. The van der Waals surface area contributed by atoms with Gasteiger partial charge in [0.25, 0.3) is 0 Å². The number of thioether (sulfide) groups is 1. The van der Waals surface area contributed by atoms with Gasteiger partial charge in [0.15, 0.2) is 0 Å². The smallest absolute Gasteiger partial charge is 0.213 e. The molecule has 0 bridgehead atoms. The van der Waals surface area contributed by atoms with Gasteiger partial charge in [0, 0.05) is 35.2 Å². The lowest BCUT2D eigenvalue weighted by Crippen LogP contribution is -2.34. The first-order valence-corrected chi connectivity index (χ1v) is 12.8. The first-order valence-electron chi connectivity index (χ1n) is 12.0. The van der Waals surface area contributed by atoms with Crippen LogP contribution in [0.3, 0.4) is 0 Å². The average Bonchev–Trinajstić information content (AvgIpc) is 3.27. The zero-order valence-corrected chi connectivity index (χ0v) is 21.0. The van der Waals surface area contributed by atoms with Gasteiger partial charge in [-0.15, -0.1) is 0 Å². The Morgan fingerprint density at radius 1 is 0.743 bits per heavy atom. The van der Waals surface area contributed by atoms with Crippen molar-refractivity contribution in [3.63, 3.8) is 0 Å². The zero-order chi connectivity index (χ0) is 24.0. The van der Waals surface area contributed by atoms with Crippen LogP contribution in [0.5, 0.6) is 0 Å². The number of para-hydroxylation sites is 1. The van der Waals surface area contributed by atoms with Crippen molar-refractivity contribution in [2.24, 2.45) is 7.05 Å². The number of allylic oxidation sites excluding steroid dienone is 4. The molecule has 0 atom stereocenters. The molecule has 0 fully saturated rings. The maximum Gasteiger partial charge on any atom is 0.213 e. The Hall–Kier alpha value is -3.82. The van der Waals surface area contributed by atoms with Crippen molar-refractivity contribution < 1.29 is 4.57 Å². The van der Waals surface area contributed by atoms with Crippen LogP contribution in [0.4, 0.5) is 5.69 Å². The minimum atomic E-state index is 0.962. The molecule has 4 aromatic rings. The highest BCUT2D eigenvalue weighted by Crippen LogP contribution is 2.45. The normalized spacial score (nSPS) is 14.3. The van der Waals surface area contributed by atoms with Crippen LogP contribution in [-0.4, -0.2) is 6.54 Å². The molecule has 1 aromatic heterocycles. The van der Waals surface area contributed by atoms with E-state index in [0.29, 0.717) is 0 Å². The maximum atomic E-state index is 2.36. The molecule has 0 aliphatic carbocycles. The molecule has 2 nitrogen and oxygen atoms in total. The number of hydrogen-bond acceptors (Lipinski definition) is 2. The first-order chi connectivity index (χ1) is 17.2. The number of fused-ring (bicyclic) bond motifs is 1. The molecule has 3 heteroatoms. The number of benzene rings is 3. The summed E-state index contributed by atoms with van der Waals surface area (Å²) >= 11 is 1.83. The van der Waals surface area contributed by atoms with E-state index in [1.165, 1.54) is 38.0 Å². The third-order valence-corrected chi connectivity index (χ3v) is 7.33. The third-order valence-electron chi connectivity index (χ3n) is 6.20. The minimum Gasteiger partial charge on any atom is -0.335 e. The maximum absolute atomic E-state index is 2.36. The lowest BCUT2D eigenvalue weighted by atomic mass is 10.0. The fourth-order valence-electron chi connectivity index (χ4n) is 4.38. The van der Waals surface area contributed by atoms with E-state index in [1.54, 1.807) is 0 Å². The van der Waals surface area contributed by atoms with Gasteiger partial charge >= 0.3 is 0 Å². The van der Waals surface area contributed by atoms with Gasteiger partial charge in [0.05, 0.1) is 10.7 Å². The molecule has 0 saturated carbocycles. The highest BCUT2D eigenvalue weighted by Gasteiger charge is 2.22. The molecule has 0 radical (unpaired) electrons. The van der Waals surface area contributed by atoms with E-state index in [1.807, 2.05) is 11.8 Å². The summed E-state index contributed by atoms with van der Waals surface area (Å²) in [6.07, 6.45) is 10.8. The van der Waals surface area contributed by atoms with Gasteiger partial charge in [-0.25, -0.2) is 0 Å². The van der Waals surface area contributed by atoms with Gasteiger partial charge in [-0.05, 0) is 48.4 Å². The van der Waals surface area contributed by atoms with E-state index in [-0.39, 0.29) is 0 Å². The standard InChI is InChI=1S/C32H29N2S/c1-3-34-29-20-13-14-21-31(29)35-32(34)22-12-6-11-19-28-23-27(25-15-7-4-8-16-25)24-30(33(28)2)26-17-9-5-10-18-26/h4-24H,3H2,1-2H3/q+1. The fourth-order valence-corrected chi connectivity index (χ4v) is 5.52. The highest BCUT2D eigenvalue weighted by atomic mass is 32.2. The van der Waals surface area contributed by atoms with Crippen molar-refractivity contribution in [2.45, 2.75) is 11.8 Å². The summed E-state index contributed by atoms with van der Waals surface area (Å²) < 4.78 is 2.26. The van der Waals surface area contributed by atoms with Crippen molar-refractivity contribution in [2.75, 3.05) is 11.4 Å². The molecule has 0 amide bonds. The van der Waals surface area contributed by atoms with Crippen LogP contribution in [-0.2, 0) is 7.05 Å². The van der Waals surface area contributed by atoms with E-state index >= 15 is 0 Å². The van der Waals surface area contributed by atoms with E-state index in [9.17, 15) is 0 Å². The monoisotopic (exact) mass is 473 g/mol. The second kappa shape index (κ2) is 10.6. The summed E-state index contributed by atoms with van der Waals surface area (Å²) in [5.41, 5.74) is 7.29. The molecular formula is C32H29N2S+. The van der Waals surface area contributed by atoms with E-state index in [4.69, 9.17) is 0 Å². The number of nitrogens with zero attached hydrogens (tertiary/aromatic N) is 2. The molecule has 35 heavy (non-hydrogen) atoms. The lowest BCUT2D eigenvalue weighted by molar-refractivity contribution is -0.662. The Morgan fingerprint density at radius 2 is 1.43 bits per heavy atom. The number of anilines is 1. The highest BCUT2D eigenvalue weighted by molar-refractivity contribution is 8.03. The first kappa shape index (κ1) is 22.9. The molecule has 172 valence electrons. The number of rotatable bonds is 6. The predicted octanol–water partition coefficient (Wildman–Crippen LogP) is 7.89. The molecule has 5 rings (SSSR count). The number of hydrogen-bond donors (Lipinski definition) is 0. The van der Waals surface area contributed by atoms with E-state index in [2.05, 4.69) is 151 Å². The van der Waals surface area contributed by atoms with Gasteiger partial charge < -0.3 is 4.90 Å². The van der Waals surface area contributed by atoms with Gasteiger partial charge in [-0.1, -0.05) is 90.7 Å². The average molecular weight is 474 g/mol. The van der Waals surface area contributed by atoms with Crippen LogP contribution in [0.1, 0.15) is 12.6 Å². The van der Waals surface area contributed by atoms with Gasteiger partial charge in [0.2, 0.25) is 11.4 Å². The van der Waals surface area contributed by atoms with Gasteiger partial charge in [0.1, 0.15) is 7.05 Å². The Kier molecular flexibility index (Phi) is 6.97. The second-order valence-electron chi connectivity index (χ2n) is 8.41. The molecular weight excluding hydrogens is 444 g/mol. The van der Waals surface area contributed by atoms with Crippen LogP contribution in [0, 0.1) is 0 Å². The van der Waals surface area contributed by atoms with Crippen molar-refractivity contribution in [3.8, 4) is 22.4 Å². The van der Waals surface area contributed by atoms with Crippen LogP contribution in [0.25, 0.3) is 28.5 Å². The fraction of sp³-hybridized carbons (Fsp3) is 0.0938. The molecule has 0 spiro atoms. The molecule has 1 aliphatic rings. The Morgan fingerprint density at radius 3 is 2.17 bits per heavy atom. The second-order valence-corrected chi connectivity index (χ2v) is 9.47. The Labute approximate surface area is 212 Å². The van der Waals surface area contributed by atoms with Gasteiger partial charge in [-0.3, -0.25) is 0 Å². The van der Waals surface area contributed by atoms with Crippen molar-refractivity contribution in [1.82, 2.24) is 0 Å². The zero-order valence-electron chi connectivity index (χ0n) is 20.1. The molecule has 0 N–H and O–H groups in total. The summed E-state index contributed by atoms with van der Waals surface area (Å²) in [6.45, 7) is 3.16. The summed E-state index contributed by atoms with van der Waals surface area (Å²) in [4.78, 5) is 3.69. The third kappa shape index (κ3) is 5.01. The number of pyridine rings is 1.